The molecule has 1 N–H and O–H groups in total. The number of aromatic amines is 1. The van der Waals surface area contributed by atoms with E-state index in [1.165, 1.54) is 26.5 Å². The van der Waals surface area contributed by atoms with Crippen molar-refractivity contribution in [3.05, 3.63) is 57.6 Å². The summed E-state index contributed by atoms with van der Waals surface area (Å²) in [5, 5.41) is 0.327. The fourth-order valence-corrected chi connectivity index (χ4v) is 3.76. The summed E-state index contributed by atoms with van der Waals surface area (Å²) in [5.41, 5.74) is -0.683. The third-order valence-corrected chi connectivity index (χ3v) is 6.41. The molecule has 0 saturated carbocycles. The summed E-state index contributed by atoms with van der Waals surface area (Å²) < 4.78 is 32.0. The van der Waals surface area contributed by atoms with Crippen LogP contribution in [0.25, 0.3) is 22.8 Å². The van der Waals surface area contributed by atoms with Crippen molar-refractivity contribution in [2.45, 2.75) is 65.7 Å². The molecule has 198 valence electrons. The Kier molecular flexibility index (Phi) is 9.86. The minimum Gasteiger partial charge on any atom is -0.478 e. The number of carbonyl (C=O) groups is 1. The Morgan fingerprint density at radius 2 is 1.92 bits per heavy atom. The maximum Gasteiger partial charge on any atom is 0.348 e. The van der Waals surface area contributed by atoms with Gasteiger partial charge in [-0.15, -0.1) is 0 Å². The molecule has 0 aliphatic rings. The standard InChI is InChI=1S/C27H31ClF2N4O3/c1-4-5-6-7-14-37-22-13-10-18(16-31-22)23-32-24(34-26(36)33-23)19-15-17(8-11-20(19)28)9-12-21(35)27(2,3)25(29)30/h8,10-11,13,15-16,25H,4-7,9,12,14H2,1-3H3,(H,32,33,34,36). The molecule has 1 aromatic carbocycles. The van der Waals surface area contributed by atoms with E-state index in [1.807, 2.05) is 0 Å². The number of nitrogens with one attached hydrogen (secondary N) is 1. The Morgan fingerprint density at radius 1 is 1.14 bits per heavy atom. The number of hydrogen-bond acceptors (Lipinski definition) is 6. The van der Waals surface area contributed by atoms with Crippen molar-refractivity contribution >= 4 is 17.4 Å². The van der Waals surface area contributed by atoms with Crippen LogP contribution in [0.1, 0.15) is 58.4 Å². The second-order valence-electron chi connectivity index (χ2n) is 9.38. The van der Waals surface area contributed by atoms with Crippen LogP contribution in [0.2, 0.25) is 5.02 Å². The Morgan fingerprint density at radius 3 is 2.59 bits per heavy atom. The molecule has 0 atom stereocenters. The Labute approximate surface area is 219 Å². The van der Waals surface area contributed by atoms with Gasteiger partial charge in [0.05, 0.1) is 17.0 Å². The molecule has 3 rings (SSSR count). The van der Waals surface area contributed by atoms with Crippen LogP contribution >= 0.6 is 11.6 Å². The number of ketones is 1. The van der Waals surface area contributed by atoms with E-state index < -0.39 is 23.3 Å². The lowest BCUT2D eigenvalue weighted by molar-refractivity contribution is -0.135. The van der Waals surface area contributed by atoms with Crippen molar-refractivity contribution in [3.8, 4) is 28.7 Å². The van der Waals surface area contributed by atoms with Crippen molar-refractivity contribution in [2.75, 3.05) is 6.61 Å². The molecule has 0 amide bonds. The zero-order valence-electron chi connectivity index (χ0n) is 21.2. The lowest BCUT2D eigenvalue weighted by Crippen LogP contribution is -2.32. The molecule has 10 heteroatoms. The average Bonchev–Trinajstić information content (AvgIpc) is 2.87. The molecule has 0 aliphatic heterocycles. The van der Waals surface area contributed by atoms with Gasteiger partial charge in [-0.1, -0.05) is 43.9 Å². The zero-order valence-corrected chi connectivity index (χ0v) is 21.9. The number of H-pyrrole nitrogens is 1. The normalized spacial score (nSPS) is 11.6. The average molecular weight is 533 g/mol. The minimum atomic E-state index is -2.74. The van der Waals surface area contributed by atoms with Gasteiger partial charge >= 0.3 is 5.69 Å². The summed E-state index contributed by atoms with van der Waals surface area (Å²) in [5.74, 6) is 0.302. The summed E-state index contributed by atoms with van der Waals surface area (Å²) in [6.45, 7) is 5.21. The molecular formula is C27H31ClF2N4O3. The van der Waals surface area contributed by atoms with Gasteiger partial charge in [0.15, 0.2) is 5.82 Å². The molecule has 0 spiro atoms. The van der Waals surface area contributed by atoms with Crippen LogP contribution < -0.4 is 10.4 Å². The fourth-order valence-electron chi connectivity index (χ4n) is 3.56. The van der Waals surface area contributed by atoms with E-state index in [-0.39, 0.29) is 24.5 Å². The highest BCUT2D eigenvalue weighted by Crippen LogP contribution is 2.30. The summed E-state index contributed by atoms with van der Waals surface area (Å²) in [4.78, 5) is 39.9. The predicted molar refractivity (Wildman–Crippen MR) is 139 cm³/mol. The van der Waals surface area contributed by atoms with Gasteiger partial charge in [-0.3, -0.25) is 9.78 Å². The number of nitrogens with zero attached hydrogens (tertiary/aromatic N) is 3. The smallest absolute Gasteiger partial charge is 0.348 e. The number of benzene rings is 1. The molecule has 7 nitrogen and oxygen atoms in total. The van der Waals surface area contributed by atoms with Crippen molar-refractivity contribution in [1.82, 2.24) is 19.9 Å². The third kappa shape index (κ3) is 7.64. The van der Waals surface area contributed by atoms with E-state index in [1.54, 1.807) is 30.3 Å². The highest BCUT2D eigenvalue weighted by atomic mass is 35.5. The van der Waals surface area contributed by atoms with Crippen LogP contribution in [0.3, 0.4) is 0 Å². The molecule has 2 heterocycles. The number of hydrogen-bond donors (Lipinski definition) is 1. The number of carbonyl (C=O) groups excluding carboxylic acids is 1. The Hall–Kier alpha value is -3.20. The fraction of sp³-hybridized carbons (Fsp3) is 0.444. The number of pyridine rings is 1. The molecular weight excluding hydrogens is 502 g/mol. The molecule has 0 saturated heterocycles. The maximum atomic E-state index is 13.2. The molecule has 0 unspecified atom stereocenters. The second-order valence-corrected chi connectivity index (χ2v) is 9.79. The predicted octanol–water partition coefficient (Wildman–Crippen LogP) is 6.30. The van der Waals surface area contributed by atoms with Crippen LogP contribution in [-0.4, -0.2) is 38.8 Å². The topological polar surface area (TPSA) is 97.8 Å². The molecule has 0 bridgehead atoms. The molecule has 3 aromatic rings. The number of rotatable bonds is 13. The van der Waals surface area contributed by atoms with Crippen LogP contribution in [0, 0.1) is 5.41 Å². The van der Waals surface area contributed by atoms with Crippen LogP contribution in [0.15, 0.2) is 41.3 Å². The van der Waals surface area contributed by atoms with Crippen molar-refractivity contribution in [2.24, 2.45) is 5.41 Å². The van der Waals surface area contributed by atoms with E-state index >= 15 is 0 Å². The number of Topliss-reactive ketones (excluding diaryl/α,β-unsaturated/α-hetero) is 1. The molecule has 2 aromatic heterocycles. The van der Waals surface area contributed by atoms with Crippen molar-refractivity contribution in [1.29, 1.82) is 0 Å². The van der Waals surface area contributed by atoms with E-state index in [0.717, 1.165) is 19.3 Å². The first kappa shape index (κ1) is 28.4. The summed E-state index contributed by atoms with van der Waals surface area (Å²) in [6, 6.07) is 8.43. The largest absolute Gasteiger partial charge is 0.478 e. The van der Waals surface area contributed by atoms with Gasteiger partial charge in [0, 0.05) is 29.8 Å². The summed E-state index contributed by atoms with van der Waals surface area (Å²) in [7, 11) is 0. The number of unbranched alkanes of at least 4 members (excludes halogenated alkanes) is 3. The first-order valence-electron chi connectivity index (χ1n) is 12.3. The molecule has 0 fully saturated rings. The lowest BCUT2D eigenvalue weighted by Gasteiger charge is -2.21. The van der Waals surface area contributed by atoms with Crippen LogP contribution in [-0.2, 0) is 11.2 Å². The molecule has 0 radical (unpaired) electrons. The van der Waals surface area contributed by atoms with Gasteiger partial charge in [-0.05, 0) is 50.5 Å². The Balaban J connectivity index is 1.77. The van der Waals surface area contributed by atoms with Gasteiger partial charge < -0.3 is 4.74 Å². The van der Waals surface area contributed by atoms with Crippen molar-refractivity contribution in [3.63, 3.8) is 0 Å². The number of aryl methyl sites for hydroxylation is 1. The number of alkyl halides is 2. The number of halogens is 3. The first-order valence-corrected chi connectivity index (χ1v) is 12.7. The van der Waals surface area contributed by atoms with E-state index in [4.69, 9.17) is 16.3 Å². The minimum absolute atomic E-state index is 0.0529. The number of ether oxygens (including phenoxy) is 1. The van der Waals surface area contributed by atoms with E-state index in [2.05, 4.69) is 26.9 Å². The van der Waals surface area contributed by atoms with E-state index in [0.29, 0.717) is 34.2 Å². The van der Waals surface area contributed by atoms with Gasteiger partial charge in [0.25, 0.3) is 0 Å². The summed E-state index contributed by atoms with van der Waals surface area (Å²) >= 11 is 6.38. The zero-order chi connectivity index (χ0) is 27.0. The van der Waals surface area contributed by atoms with Gasteiger partial charge in [0.2, 0.25) is 12.3 Å². The first-order chi connectivity index (χ1) is 17.6. The van der Waals surface area contributed by atoms with Crippen molar-refractivity contribution < 1.29 is 18.3 Å². The Bertz CT molecular complexity index is 1260. The van der Waals surface area contributed by atoms with Gasteiger partial charge in [0.1, 0.15) is 11.6 Å². The quantitative estimate of drug-likeness (QED) is 0.259. The van der Waals surface area contributed by atoms with Crippen LogP contribution in [0.4, 0.5) is 8.78 Å². The highest BCUT2D eigenvalue weighted by Gasteiger charge is 2.36. The molecule has 0 aliphatic carbocycles. The highest BCUT2D eigenvalue weighted by molar-refractivity contribution is 6.33. The van der Waals surface area contributed by atoms with E-state index in [9.17, 15) is 18.4 Å². The monoisotopic (exact) mass is 532 g/mol. The number of aromatic nitrogens is 4. The molecule has 37 heavy (non-hydrogen) atoms. The lowest BCUT2D eigenvalue weighted by atomic mass is 9.85. The van der Waals surface area contributed by atoms with Gasteiger partial charge in [-0.25, -0.2) is 23.5 Å². The third-order valence-electron chi connectivity index (χ3n) is 6.08. The maximum absolute atomic E-state index is 13.2. The SMILES string of the molecule is CCCCCCOc1ccc(-c2nc(-c3cc(CCC(=O)C(C)(C)C(F)F)ccc3Cl)[nH]c(=O)n2)cn1. The van der Waals surface area contributed by atoms with Crippen LogP contribution in [0.5, 0.6) is 5.88 Å². The van der Waals surface area contributed by atoms with Gasteiger partial charge in [-0.2, -0.15) is 4.98 Å². The second kappa shape index (κ2) is 12.9. The summed E-state index contributed by atoms with van der Waals surface area (Å²) in [6.07, 6.45) is 3.36.